The Morgan fingerprint density at radius 2 is 1.88 bits per heavy atom. The number of carboxylic acid groups (broad SMARTS) is 1. The molecular formula is C18H19NO5S. The molecule has 0 aliphatic heterocycles. The Morgan fingerprint density at radius 1 is 1.16 bits per heavy atom. The summed E-state index contributed by atoms with van der Waals surface area (Å²) in [4.78, 5) is 10.8. The molecule has 0 radical (unpaired) electrons. The highest BCUT2D eigenvalue weighted by molar-refractivity contribution is 7.92. The van der Waals surface area contributed by atoms with Gasteiger partial charge in [0, 0.05) is 0 Å². The number of hydrogen-bond acceptors (Lipinski definition) is 4. The Hall–Kier alpha value is -2.54. The summed E-state index contributed by atoms with van der Waals surface area (Å²) in [5.74, 6) is -0.468. The van der Waals surface area contributed by atoms with Crippen LogP contribution in [0.15, 0.2) is 41.3 Å². The summed E-state index contributed by atoms with van der Waals surface area (Å²) in [6, 6.07) is 9.59. The summed E-state index contributed by atoms with van der Waals surface area (Å²) in [5, 5.41) is 8.79. The number of aliphatic carboxylic acids is 1. The summed E-state index contributed by atoms with van der Waals surface area (Å²) in [6.45, 7) is 0. The van der Waals surface area contributed by atoms with Crippen LogP contribution in [-0.4, -0.2) is 26.6 Å². The van der Waals surface area contributed by atoms with Gasteiger partial charge in [-0.25, -0.2) is 8.42 Å². The van der Waals surface area contributed by atoms with Crippen LogP contribution in [0, 0.1) is 0 Å². The van der Waals surface area contributed by atoms with Gasteiger partial charge in [-0.2, -0.15) is 0 Å². The molecule has 2 N–H and O–H groups in total. The number of sulfonamides is 1. The predicted molar refractivity (Wildman–Crippen MR) is 93.6 cm³/mol. The SMILES string of the molecule is COc1ccc2c(c1NS(=O)(=O)c1ccc(CC(=O)O)cc1)CCC2. The van der Waals surface area contributed by atoms with Crippen molar-refractivity contribution in [3.05, 3.63) is 53.1 Å². The van der Waals surface area contributed by atoms with Gasteiger partial charge in [-0.05, 0) is 54.2 Å². The van der Waals surface area contributed by atoms with E-state index in [1.807, 2.05) is 6.07 Å². The van der Waals surface area contributed by atoms with Gasteiger partial charge in [0.25, 0.3) is 10.0 Å². The van der Waals surface area contributed by atoms with Gasteiger partial charge in [-0.15, -0.1) is 0 Å². The number of nitrogens with one attached hydrogen (secondary N) is 1. The Bertz CT molecular complexity index is 904. The van der Waals surface area contributed by atoms with E-state index in [1.165, 1.54) is 31.4 Å². The van der Waals surface area contributed by atoms with Gasteiger partial charge in [0.05, 0.1) is 24.1 Å². The van der Waals surface area contributed by atoms with Gasteiger partial charge in [0.1, 0.15) is 5.75 Å². The van der Waals surface area contributed by atoms with Crippen molar-refractivity contribution in [2.45, 2.75) is 30.6 Å². The van der Waals surface area contributed by atoms with Crippen LogP contribution in [0.4, 0.5) is 5.69 Å². The van der Waals surface area contributed by atoms with Crippen molar-refractivity contribution in [2.24, 2.45) is 0 Å². The smallest absolute Gasteiger partial charge is 0.307 e. The summed E-state index contributed by atoms with van der Waals surface area (Å²) in [5.41, 5.74) is 3.15. The van der Waals surface area contributed by atoms with Crippen LogP contribution in [0.5, 0.6) is 5.75 Å². The van der Waals surface area contributed by atoms with Crippen LogP contribution in [0.1, 0.15) is 23.1 Å². The van der Waals surface area contributed by atoms with Gasteiger partial charge in [0.2, 0.25) is 0 Å². The van der Waals surface area contributed by atoms with Gasteiger partial charge < -0.3 is 9.84 Å². The maximum Gasteiger partial charge on any atom is 0.307 e. The summed E-state index contributed by atoms with van der Waals surface area (Å²) in [7, 11) is -2.28. The van der Waals surface area contributed by atoms with Crippen LogP contribution >= 0.6 is 0 Å². The molecule has 2 aromatic carbocycles. The molecular weight excluding hydrogens is 342 g/mol. The predicted octanol–water partition coefficient (Wildman–Crippen LogP) is 2.61. The highest BCUT2D eigenvalue weighted by atomic mass is 32.2. The van der Waals surface area contributed by atoms with E-state index >= 15 is 0 Å². The lowest BCUT2D eigenvalue weighted by molar-refractivity contribution is -0.136. The lowest BCUT2D eigenvalue weighted by Gasteiger charge is -2.16. The first-order valence-corrected chi connectivity index (χ1v) is 9.41. The molecule has 6 nitrogen and oxygen atoms in total. The van der Waals surface area contributed by atoms with Crippen molar-refractivity contribution in [3.63, 3.8) is 0 Å². The molecule has 1 aliphatic rings. The van der Waals surface area contributed by atoms with Gasteiger partial charge in [0.15, 0.2) is 0 Å². The topological polar surface area (TPSA) is 92.7 Å². The fraction of sp³-hybridized carbons (Fsp3) is 0.278. The Kier molecular flexibility index (Phi) is 4.67. The van der Waals surface area contributed by atoms with Crippen molar-refractivity contribution >= 4 is 21.7 Å². The minimum atomic E-state index is -3.79. The lowest BCUT2D eigenvalue weighted by Crippen LogP contribution is -2.15. The van der Waals surface area contributed by atoms with Crippen molar-refractivity contribution in [2.75, 3.05) is 11.8 Å². The molecule has 132 valence electrons. The molecule has 0 spiro atoms. The first-order chi connectivity index (χ1) is 11.9. The highest BCUT2D eigenvalue weighted by Crippen LogP contribution is 2.37. The Labute approximate surface area is 146 Å². The molecule has 2 aromatic rings. The number of carboxylic acids is 1. The number of anilines is 1. The average Bonchev–Trinajstić information content (AvgIpc) is 3.04. The molecule has 0 aromatic heterocycles. The standard InChI is InChI=1S/C18H19NO5S/c1-24-16-10-7-13-3-2-4-15(13)18(16)19-25(22,23)14-8-5-12(6-9-14)11-17(20)21/h5-10,19H,2-4,11H2,1H3,(H,20,21). The zero-order chi connectivity index (χ0) is 18.0. The van der Waals surface area contributed by atoms with E-state index in [0.29, 0.717) is 17.0 Å². The van der Waals surface area contributed by atoms with E-state index in [9.17, 15) is 13.2 Å². The molecule has 0 amide bonds. The number of hydrogen-bond donors (Lipinski definition) is 2. The number of ether oxygens (including phenoxy) is 1. The van der Waals surface area contributed by atoms with Crippen LogP contribution in [0.2, 0.25) is 0 Å². The summed E-state index contributed by atoms with van der Waals surface area (Å²) in [6.07, 6.45) is 2.58. The maximum atomic E-state index is 12.7. The molecule has 0 bridgehead atoms. The van der Waals surface area contributed by atoms with E-state index in [-0.39, 0.29) is 11.3 Å². The van der Waals surface area contributed by atoms with Crippen LogP contribution in [0.3, 0.4) is 0 Å². The molecule has 25 heavy (non-hydrogen) atoms. The minimum absolute atomic E-state index is 0.0827. The second-order valence-electron chi connectivity index (χ2n) is 5.95. The average molecular weight is 361 g/mol. The number of fused-ring (bicyclic) bond motifs is 1. The van der Waals surface area contributed by atoms with E-state index in [0.717, 1.165) is 30.4 Å². The molecule has 0 saturated carbocycles. The van der Waals surface area contributed by atoms with E-state index in [2.05, 4.69) is 4.72 Å². The zero-order valence-electron chi connectivity index (χ0n) is 13.8. The van der Waals surface area contributed by atoms with Gasteiger partial charge in [-0.1, -0.05) is 18.2 Å². The maximum absolute atomic E-state index is 12.7. The van der Waals surface area contributed by atoms with E-state index in [4.69, 9.17) is 9.84 Å². The zero-order valence-corrected chi connectivity index (χ0v) is 14.6. The van der Waals surface area contributed by atoms with Gasteiger partial charge in [-0.3, -0.25) is 9.52 Å². The second kappa shape index (κ2) is 6.76. The monoisotopic (exact) mass is 361 g/mol. The van der Waals surface area contributed by atoms with E-state index < -0.39 is 16.0 Å². The summed E-state index contributed by atoms with van der Waals surface area (Å²) < 4.78 is 33.4. The molecule has 0 heterocycles. The quantitative estimate of drug-likeness (QED) is 0.825. The first kappa shape index (κ1) is 17.3. The van der Waals surface area contributed by atoms with Crippen LogP contribution in [-0.2, 0) is 34.1 Å². The first-order valence-electron chi connectivity index (χ1n) is 7.93. The molecule has 0 fully saturated rings. The number of benzene rings is 2. The number of rotatable bonds is 6. The number of carbonyl (C=O) groups is 1. The Morgan fingerprint density at radius 3 is 2.52 bits per heavy atom. The number of aryl methyl sites for hydroxylation is 1. The Balaban J connectivity index is 1.92. The largest absolute Gasteiger partial charge is 0.495 e. The molecule has 0 atom stereocenters. The molecule has 7 heteroatoms. The molecule has 3 rings (SSSR count). The normalized spacial score (nSPS) is 13.3. The van der Waals surface area contributed by atoms with Crippen molar-refractivity contribution in [3.8, 4) is 5.75 Å². The third-order valence-electron chi connectivity index (χ3n) is 4.29. The summed E-state index contributed by atoms with van der Waals surface area (Å²) >= 11 is 0. The molecule has 0 saturated heterocycles. The highest BCUT2D eigenvalue weighted by Gasteiger charge is 2.23. The van der Waals surface area contributed by atoms with Gasteiger partial charge >= 0.3 is 5.97 Å². The van der Waals surface area contributed by atoms with Crippen molar-refractivity contribution < 1.29 is 23.1 Å². The van der Waals surface area contributed by atoms with Crippen LogP contribution in [0.25, 0.3) is 0 Å². The fourth-order valence-electron chi connectivity index (χ4n) is 3.08. The number of methoxy groups -OCH3 is 1. The fourth-order valence-corrected chi connectivity index (χ4v) is 4.19. The molecule has 0 unspecified atom stereocenters. The third-order valence-corrected chi connectivity index (χ3v) is 5.66. The van der Waals surface area contributed by atoms with E-state index in [1.54, 1.807) is 6.07 Å². The van der Waals surface area contributed by atoms with Crippen LogP contribution < -0.4 is 9.46 Å². The second-order valence-corrected chi connectivity index (χ2v) is 7.64. The minimum Gasteiger partial charge on any atom is -0.495 e. The third kappa shape index (κ3) is 3.61. The molecule has 1 aliphatic carbocycles. The lowest BCUT2D eigenvalue weighted by atomic mass is 10.1. The van der Waals surface area contributed by atoms with Crippen molar-refractivity contribution in [1.82, 2.24) is 0 Å². The van der Waals surface area contributed by atoms with Crippen molar-refractivity contribution in [1.29, 1.82) is 0 Å².